The molecule has 86 heavy (non-hydrogen) atoms. The van der Waals surface area contributed by atoms with Gasteiger partial charge in [0, 0.05) is 19.4 Å². The second-order valence-electron chi connectivity index (χ2n) is 25.9. The average molecular weight is 1230 g/mol. The summed E-state index contributed by atoms with van der Waals surface area (Å²) in [4.78, 5) is 35.4. The van der Waals surface area contributed by atoms with Gasteiger partial charge in [0.15, 0.2) is 6.10 Å². The van der Waals surface area contributed by atoms with E-state index >= 15 is 0 Å². The number of hydrogen-bond donors (Lipinski definition) is 2. The molecule has 0 saturated heterocycles. The quantitative estimate of drug-likeness (QED) is 0.0264. The predicted molar refractivity (Wildman–Crippen MR) is 372 cm³/mol. The molecule has 0 aliphatic carbocycles. The maximum absolute atomic E-state index is 12.8. The van der Waals surface area contributed by atoms with Crippen LogP contribution in [0.4, 0.5) is 0 Å². The van der Waals surface area contributed by atoms with Gasteiger partial charge >= 0.3 is 19.8 Å². The van der Waals surface area contributed by atoms with E-state index in [9.17, 15) is 19.0 Å². The number of hydrogen-bond acceptors (Lipinski definition) is 8. The van der Waals surface area contributed by atoms with E-state index in [2.05, 4.69) is 50.3 Å². The Morgan fingerprint density at radius 1 is 0.349 bits per heavy atom. The van der Waals surface area contributed by atoms with Gasteiger partial charge in [-0.15, -0.1) is 0 Å². The average Bonchev–Trinajstić information content (AvgIpc) is 3.55. The van der Waals surface area contributed by atoms with E-state index in [1.165, 1.54) is 321 Å². The lowest BCUT2D eigenvalue weighted by Crippen LogP contribution is -2.29. The van der Waals surface area contributed by atoms with E-state index in [1.807, 2.05) is 0 Å². The van der Waals surface area contributed by atoms with Crippen LogP contribution in [-0.2, 0) is 32.7 Å². The first-order valence-electron chi connectivity index (χ1n) is 38.0. The van der Waals surface area contributed by atoms with Crippen LogP contribution in [0.5, 0.6) is 0 Å². The van der Waals surface area contributed by atoms with Crippen LogP contribution in [0.2, 0.25) is 0 Å². The van der Waals surface area contributed by atoms with Gasteiger partial charge in [0.2, 0.25) is 0 Å². The Kier molecular flexibility index (Phi) is 70.8. The molecule has 0 saturated carbocycles. The fourth-order valence-corrected chi connectivity index (χ4v) is 12.4. The largest absolute Gasteiger partial charge is 0.472 e. The molecule has 0 aliphatic rings. The van der Waals surface area contributed by atoms with Gasteiger partial charge in [-0.05, 0) is 51.4 Å². The fraction of sp³-hybridized carbons (Fsp3) is 0.895. The third-order valence-electron chi connectivity index (χ3n) is 17.3. The number of rotatable bonds is 73. The second kappa shape index (κ2) is 72.3. The van der Waals surface area contributed by atoms with Gasteiger partial charge in [0.25, 0.3) is 0 Å². The zero-order chi connectivity index (χ0) is 62.3. The third kappa shape index (κ3) is 71.3. The molecule has 0 heterocycles. The molecule has 0 aliphatic heterocycles. The highest BCUT2D eigenvalue weighted by Crippen LogP contribution is 2.43. The van der Waals surface area contributed by atoms with E-state index in [0.29, 0.717) is 6.42 Å². The normalized spacial score (nSPS) is 13.0. The van der Waals surface area contributed by atoms with Crippen LogP contribution in [0.3, 0.4) is 0 Å². The topological polar surface area (TPSA) is 134 Å². The number of phosphoric acid groups is 1. The molecular formula is C76H146NO8P. The van der Waals surface area contributed by atoms with Gasteiger partial charge in [-0.25, -0.2) is 4.57 Å². The number of allylic oxidation sites excluding steroid dienone is 6. The lowest BCUT2D eigenvalue weighted by molar-refractivity contribution is -0.161. The van der Waals surface area contributed by atoms with Crippen molar-refractivity contribution in [1.82, 2.24) is 0 Å². The summed E-state index contributed by atoms with van der Waals surface area (Å²) in [6.45, 7) is 3.81. The Morgan fingerprint density at radius 3 is 0.895 bits per heavy atom. The highest BCUT2D eigenvalue weighted by molar-refractivity contribution is 7.47. The Morgan fingerprint density at radius 2 is 0.605 bits per heavy atom. The SMILES string of the molecule is CCCCCCC/C=C\C/C=C\C/C=C\CCCCCCCCCCCCCCCCC(=O)OC(COC(=O)CCCCCCCCCCCCCCCCCCCCCCCCCCCCCCCCCCCCCC)COP(=O)(O)OCCN. The number of ether oxygens (including phenoxy) is 2. The summed E-state index contributed by atoms with van der Waals surface area (Å²) < 4.78 is 33.2. The number of unbranched alkanes of at least 4 members (excludes halogenated alkanes) is 54. The fourth-order valence-electron chi connectivity index (χ4n) is 11.7. The van der Waals surface area contributed by atoms with Gasteiger partial charge < -0.3 is 20.1 Å². The van der Waals surface area contributed by atoms with Crippen molar-refractivity contribution in [3.05, 3.63) is 36.5 Å². The lowest BCUT2D eigenvalue weighted by Gasteiger charge is -2.19. The van der Waals surface area contributed by atoms with Crippen molar-refractivity contribution in [1.29, 1.82) is 0 Å². The van der Waals surface area contributed by atoms with Gasteiger partial charge in [-0.1, -0.05) is 378 Å². The predicted octanol–water partition coefficient (Wildman–Crippen LogP) is 25.0. The van der Waals surface area contributed by atoms with E-state index in [0.717, 1.165) is 51.4 Å². The molecular weight excluding hydrogens is 1090 g/mol. The molecule has 508 valence electrons. The number of phosphoric ester groups is 1. The van der Waals surface area contributed by atoms with Crippen molar-refractivity contribution >= 4 is 19.8 Å². The zero-order valence-corrected chi connectivity index (χ0v) is 58.2. The summed E-state index contributed by atoms with van der Waals surface area (Å²) in [5.41, 5.74) is 5.41. The van der Waals surface area contributed by atoms with Crippen molar-refractivity contribution in [2.75, 3.05) is 26.4 Å². The van der Waals surface area contributed by atoms with Crippen LogP contribution in [0.1, 0.15) is 406 Å². The maximum Gasteiger partial charge on any atom is 0.472 e. The minimum atomic E-state index is -4.39. The molecule has 0 amide bonds. The molecule has 0 rings (SSSR count). The second-order valence-corrected chi connectivity index (χ2v) is 27.3. The summed E-state index contributed by atoms with van der Waals surface area (Å²) in [5, 5.41) is 0. The highest BCUT2D eigenvalue weighted by Gasteiger charge is 2.26. The van der Waals surface area contributed by atoms with Crippen LogP contribution in [0.25, 0.3) is 0 Å². The zero-order valence-electron chi connectivity index (χ0n) is 57.3. The first-order chi connectivity index (χ1) is 42.3. The number of nitrogens with two attached hydrogens (primary N) is 1. The molecule has 2 atom stereocenters. The molecule has 0 radical (unpaired) electrons. The minimum absolute atomic E-state index is 0.0554. The molecule has 10 heteroatoms. The van der Waals surface area contributed by atoms with Gasteiger partial charge in [0.1, 0.15) is 6.61 Å². The highest BCUT2D eigenvalue weighted by atomic mass is 31.2. The molecule has 0 spiro atoms. The summed E-state index contributed by atoms with van der Waals surface area (Å²) in [6, 6.07) is 0. The molecule has 0 fully saturated rings. The van der Waals surface area contributed by atoms with Crippen LogP contribution in [0.15, 0.2) is 36.5 Å². The van der Waals surface area contributed by atoms with Crippen LogP contribution in [0, 0.1) is 0 Å². The van der Waals surface area contributed by atoms with Gasteiger partial charge in [-0.2, -0.15) is 0 Å². The number of carbonyl (C=O) groups is 2. The van der Waals surface area contributed by atoms with Crippen LogP contribution < -0.4 is 5.73 Å². The standard InChI is InChI=1S/C76H146NO8P/c1-3-5-7-9-11-13-15-17-19-21-23-25-27-29-31-33-34-35-36-37-38-39-41-42-44-46-48-50-52-54-56-58-60-62-64-66-68-75(78)82-72-74(73-84-86(80,81)83-71-70-77)85-76(79)69-67-65-63-61-59-57-55-53-51-49-47-45-43-40-32-30-28-26-24-22-20-18-16-14-12-10-8-6-4-2/h16,18,22,24,28,30,74H,3-15,17,19-21,23,25-27,29,31-73,77H2,1-2H3,(H,80,81)/b18-16-,24-22-,30-28-. The van der Waals surface area contributed by atoms with Crippen molar-refractivity contribution in [3.63, 3.8) is 0 Å². The molecule has 0 aromatic carbocycles. The summed E-state index contributed by atoms with van der Waals surface area (Å²) in [6.07, 6.45) is 91.3. The van der Waals surface area contributed by atoms with Gasteiger partial charge in [-0.3, -0.25) is 18.6 Å². The van der Waals surface area contributed by atoms with Crippen molar-refractivity contribution in [2.45, 2.75) is 412 Å². The van der Waals surface area contributed by atoms with Crippen LogP contribution in [-0.4, -0.2) is 49.3 Å². The van der Waals surface area contributed by atoms with Gasteiger partial charge in [0.05, 0.1) is 13.2 Å². The van der Waals surface area contributed by atoms with E-state index in [4.69, 9.17) is 24.3 Å². The van der Waals surface area contributed by atoms with E-state index in [-0.39, 0.29) is 38.6 Å². The van der Waals surface area contributed by atoms with Crippen LogP contribution >= 0.6 is 7.82 Å². The number of esters is 2. The Balaban J connectivity index is 3.77. The summed E-state index contributed by atoms with van der Waals surface area (Å²) in [5.74, 6) is -0.806. The summed E-state index contributed by atoms with van der Waals surface area (Å²) in [7, 11) is -4.39. The smallest absolute Gasteiger partial charge is 0.462 e. The van der Waals surface area contributed by atoms with Crippen molar-refractivity contribution < 1.29 is 37.6 Å². The van der Waals surface area contributed by atoms with E-state index < -0.39 is 26.5 Å². The summed E-state index contributed by atoms with van der Waals surface area (Å²) >= 11 is 0. The first kappa shape index (κ1) is 84.2. The molecule has 9 nitrogen and oxygen atoms in total. The third-order valence-corrected chi connectivity index (χ3v) is 18.3. The number of carbonyl (C=O) groups excluding carboxylic acids is 2. The van der Waals surface area contributed by atoms with E-state index in [1.54, 1.807) is 0 Å². The monoisotopic (exact) mass is 1230 g/mol. The van der Waals surface area contributed by atoms with Crippen molar-refractivity contribution in [2.24, 2.45) is 5.73 Å². The Labute approximate surface area is 535 Å². The minimum Gasteiger partial charge on any atom is -0.462 e. The Bertz CT molecular complexity index is 1500. The molecule has 2 unspecified atom stereocenters. The molecule has 0 aromatic heterocycles. The lowest BCUT2D eigenvalue weighted by atomic mass is 10.0. The Hall–Kier alpha value is -1.77. The maximum atomic E-state index is 12.8. The molecule has 3 N–H and O–H groups in total. The molecule has 0 aromatic rings. The first-order valence-corrected chi connectivity index (χ1v) is 39.5. The van der Waals surface area contributed by atoms with Crippen molar-refractivity contribution in [3.8, 4) is 0 Å². The molecule has 0 bridgehead atoms.